The van der Waals surface area contributed by atoms with Gasteiger partial charge in [-0.3, -0.25) is 9.36 Å². The maximum Gasteiger partial charge on any atom is 0.330 e. The fraction of sp³-hybridized carbons (Fsp3) is 0.500. The van der Waals surface area contributed by atoms with Gasteiger partial charge in [-0.1, -0.05) is 11.6 Å². The van der Waals surface area contributed by atoms with Crippen LogP contribution in [0.4, 0.5) is 0 Å². The maximum atomic E-state index is 12.2. The lowest BCUT2D eigenvalue weighted by atomic mass is 10.1. The van der Waals surface area contributed by atoms with Crippen LogP contribution in [-0.4, -0.2) is 25.2 Å². The highest BCUT2D eigenvalue weighted by Gasteiger charge is 2.23. The number of Topliss-reactive ketones (excluding diaryl/α,β-unsaturated/α-hetero) is 1. The van der Waals surface area contributed by atoms with Crippen molar-refractivity contribution in [2.75, 3.05) is 19.4 Å². The van der Waals surface area contributed by atoms with Crippen molar-refractivity contribution < 1.29 is 18.4 Å². The Hall–Kier alpha value is -0.670. The van der Waals surface area contributed by atoms with Gasteiger partial charge in [0.15, 0.2) is 5.78 Å². The zero-order valence-corrected chi connectivity index (χ0v) is 13.5. The van der Waals surface area contributed by atoms with Crippen LogP contribution in [-0.2, 0) is 13.6 Å². The molecule has 0 heterocycles. The Morgan fingerprint density at radius 2 is 1.70 bits per heavy atom. The summed E-state index contributed by atoms with van der Waals surface area (Å²) in [5.74, 6) is 0.00112. The van der Waals surface area contributed by atoms with E-state index in [0.29, 0.717) is 36.6 Å². The quantitative estimate of drug-likeness (QED) is 0.494. The lowest BCUT2D eigenvalue weighted by Crippen LogP contribution is -2.04. The summed E-state index contributed by atoms with van der Waals surface area (Å²) in [5, 5.41) is 0.596. The van der Waals surface area contributed by atoms with Gasteiger partial charge >= 0.3 is 7.60 Å². The van der Waals surface area contributed by atoms with Crippen LogP contribution in [0, 0.1) is 0 Å². The number of carbonyl (C=O) groups excluding carboxylic acids is 1. The van der Waals surface area contributed by atoms with Crippen molar-refractivity contribution in [2.24, 2.45) is 0 Å². The SMILES string of the molecule is CCOP(=O)(CCCC(=O)c1ccc(Cl)cc1)OCC. The van der Waals surface area contributed by atoms with Gasteiger partial charge in [0, 0.05) is 17.0 Å². The molecule has 6 heteroatoms. The second-order valence-corrected chi connectivity index (χ2v) is 6.83. The zero-order valence-electron chi connectivity index (χ0n) is 11.8. The van der Waals surface area contributed by atoms with Crippen LogP contribution in [0.1, 0.15) is 37.0 Å². The summed E-state index contributed by atoms with van der Waals surface area (Å²) in [7, 11) is -3.05. The second kappa shape index (κ2) is 8.58. The fourth-order valence-electron chi connectivity index (χ4n) is 1.77. The molecule has 0 fully saturated rings. The molecule has 0 aliphatic rings. The minimum atomic E-state index is -3.05. The molecule has 0 atom stereocenters. The highest BCUT2D eigenvalue weighted by molar-refractivity contribution is 7.53. The maximum absolute atomic E-state index is 12.2. The first-order valence-corrected chi connectivity index (χ1v) is 8.78. The number of ketones is 1. The van der Waals surface area contributed by atoms with E-state index in [1.54, 1.807) is 38.1 Å². The van der Waals surface area contributed by atoms with E-state index in [4.69, 9.17) is 20.6 Å². The third-order valence-corrected chi connectivity index (χ3v) is 5.07. The van der Waals surface area contributed by atoms with Crippen LogP contribution < -0.4 is 0 Å². The van der Waals surface area contributed by atoms with Gasteiger partial charge in [-0.2, -0.15) is 0 Å². The smallest absolute Gasteiger partial charge is 0.309 e. The largest absolute Gasteiger partial charge is 0.330 e. The van der Waals surface area contributed by atoms with Gasteiger partial charge in [0.2, 0.25) is 0 Å². The van der Waals surface area contributed by atoms with Gasteiger partial charge in [0.25, 0.3) is 0 Å². The third-order valence-electron chi connectivity index (χ3n) is 2.65. The third kappa shape index (κ3) is 5.76. The molecule has 0 radical (unpaired) electrons. The van der Waals surface area contributed by atoms with Crippen LogP contribution in [0.2, 0.25) is 5.02 Å². The molecule has 20 heavy (non-hydrogen) atoms. The molecule has 0 aliphatic carbocycles. The van der Waals surface area contributed by atoms with Gasteiger partial charge in [-0.25, -0.2) is 0 Å². The Morgan fingerprint density at radius 1 is 1.15 bits per heavy atom. The Kier molecular flexibility index (Phi) is 7.46. The molecule has 1 rings (SSSR count). The minimum absolute atomic E-state index is 0.00112. The summed E-state index contributed by atoms with van der Waals surface area (Å²) >= 11 is 5.77. The van der Waals surface area contributed by atoms with E-state index in [9.17, 15) is 9.36 Å². The predicted molar refractivity (Wildman–Crippen MR) is 80.7 cm³/mol. The van der Waals surface area contributed by atoms with E-state index < -0.39 is 7.60 Å². The summed E-state index contributed by atoms with van der Waals surface area (Å²) in [4.78, 5) is 11.9. The van der Waals surface area contributed by atoms with E-state index in [1.807, 2.05) is 0 Å². The number of carbonyl (C=O) groups is 1. The molecule has 0 saturated heterocycles. The van der Waals surface area contributed by atoms with Crippen LogP contribution in [0.3, 0.4) is 0 Å². The lowest BCUT2D eigenvalue weighted by Gasteiger charge is -2.16. The average molecular weight is 319 g/mol. The zero-order chi connectivity index (χ0) is 15.0. The average Bonchev–Trinajstić information content (AvgIpc) is 2.39. The molecular weight excluding hydrogens is 299 g/mol. The summed E-state index contributed by atoms with van der Waals surface area (Å²) in [6.07, 6.45) is 1.04. The summed E-state index contributed by atoms with van der Waals surface area (Å²) in [6, 6.07) is 6.74. The van der Waals surface area contributed by atoms with E-state index in [1.165, 1.54) is 0 Å². The monoisotopic (exact) mass is 318 g/mol. The van der Waals surface area contributed by atoms with E-state index in [-0.39, 0.29) is 11.9 Å². The Bertz CT molecular complexity index is 463. The molecule has 0 aliphatic heterocycles. The van der Waals surface area contributed by atoms with Gasteiger partial charge in [-0.05, 0) is 44.5 Å². The van der Waals surface area contributed by atoms with Crippen molar-refractivity contribution in [3.63, 3.8) is 0 Å². The lowest BCUT2D eigenvalue weighted by molar-refractivity contribution is 0.0981. The van der Waals surface area contributed by atoms with Crippen LogP contribution in [0.25, 0.3) is 0 Å². The minimum Gasteiger partial charge on any atom is -0.309 e. The molecule has 112 valence electrons. The Balaban J connectivity index is 2.48. The van der Waals surface area contributed by atoms with E-state index in [0.717, 1.165) is 0 Å². The molecule has 0 unspecified atom stereocenters. The summed E-state index contributed by atoms with van der Waals surface area (Å²) in [5.41, 5.74) is 0.608. The fourth-order valence-corrected chi connectivity index (χ4v) is 3.56. The first-order chi connectivity index (χ1) is 9.50. The summed E-state index contributed by atoms with van der Waals surface area (Å²) < 4.78 is 22.6. The van der Waals surface area contributed by atoms with E-state index >= 15 is 0 Å². The van der Waals surface area contributed by atoms with Crippen LogP contribution in [0.15, 0.2) is 24.3 Å². The number of hydrogen-bond acceptors (Lipinski definition) is 4. The van der Waals surface area contributed by atoms with Crippen molar-refractivity contribution in [3.05, 3.63) is 34.9 Å². The molecule has 1 aromatic carbocycles. The normalized spacial score (nSPS) is 11.6. The molecule has 4 nitrogen and oxygen atoms in total. The van der Waals surface area contributed by atoms with Crippen molar-refractivity contribution in [3.8, 4) is 0 Å². The number of benzene rings is 1. The predicted octanol–water partition coefficient (Wildman–Crippen LogP) is 4.57. The van der Waals surface area contributed by atoms with Crippen molar-refractivity contribution >= 4 is 25.0 Å². The van der Waals surface area contributed by atoms with Crippen molar-refractivity contribution in [1.82, 2.24) is 0 Å². The van der Waals surface area contributed by atoms with Gasteiger partial charge in [0.05, 0.1) is 19.4 Å². The second-order valence-electron chi connectivity index (χ2n) is 4.20. The molecule has 0 N–H and O–H groups in total. The number of halogens is 1. The van der Waals surface area contributed by atoms with Gasteiger partial charge in [0.1, 0.15) is 0 Å². The van der Waals surface area contributed by atoms with Crippen molar-refractivity contribution in [1.29, 1.82) is 0 Å². The summed E-state index contributed by atoms with van der Waals surface area (Å²) in [6.45, 7) is 4.21. The number of hydrogen-bond donors (Lipinski definition) is 0. The molecule has 0 spiro atoms. The molecule has 0 aromatic heterocycles. The molecule has 0 saturated carbocycles. The first-order valence-electron chi connectivity index (χ1n) is 6.67. The highest BCUT2D eigenvalue weighted by atomic mass is 35.5. The Morgan fingerprint density at radius 3 is 2.20 bits per heavy atom. The highest BCUT2D eigenvalue weighted by Crippen LogP contribution is 2.48. The molecular formula is C14H20ClO4P. The van der Waals surface area contributed by atoms with E-state index in [2.05, 4.69) is 0 Å². The standard InChI is InChI=1S/C14H20ClO4P/c1-3-18-20(17,19-4-2)11-5-6-14(16)12-7-9-13(15)10-8-12/h7-10H,3-6,11H2,1-2H3. The van der Waals surface area contributed by atoms with Crippen LogP contribution in [0.5, 0.6) is 0 Å². The Labute approximate surface area is 125 Å². The molecule has 0 amide bonds. The van der Waals surface area contributed by atoms with Gasteiger partial charge < -0.3 is 9.05 Å². The number of rotatable bonds is 9. The topological polar surface area (TPSA) is 52.6 Å². The first kappa shape index (κ1) is 17.4. The molecule has 0 bridgehead atoms. The van der Waals surface area contributed by atoms with Gasteiger partial charge in [-0.15, -0.1) is 0 Å². The van der Waals surface area contributed by atoms with Crippen LogP contribution >= 0.6 is 19.2 Å². The molecule has 1 aromatic rings. The van der Waals surface area contributed by atoms with Crippen molar-refractivity contribution in [2.45, 2.75) is 26.7 Å².